The van der Waals surface area contributed by atoms with Crippen molar-refractivity contribution in [1.82, 2.24) is 9.80 Å². The first kappa shape index (κ1) is 21.4. The fourth-order valence-corrected chi connectivity index (χ4v) is 4.05. The second-order valence-electron chi connectivity index (χ2n) is 7.96. The van der Waals surface area contributed by atoms with E-state index in [1.807, 2.05) is 12.1 Å². The first-order valence-corrected chi connectivity index (χ1v) is 10.4. The number of rotatable bonds is 4. The molecule has 0 aromatic heterocycles. The van der Waals surface area contributed by atoms with Crippen molar-refractivity contribution in [3.8, 4) is 0 Å². The molecule has 2 aliphatic heterocycles. The number of benzene rings is 2. The molecule has 0 aliphatic carbocycles. The zero-order valence-corrected chi connectivity index (χ0v) is 17.1. The quantitative estimate of drug-likeness (QED) is 0.740. The summed E-state index contributed by atoms with van der Waals surface area (Å²) in [5.41, 5.74) is 1.58. The summed E-state index contributed by atoms with van der Waals surface area (Å²) in [4.78, 5) is 30.3. The molecule has 2 aromatic rings. The van der Waals surface area contributed by atoms with Crippen LogP contribution in [0, 0.1) is 0 Å². The van der Waals surface area contributed by atoms with Crippen LogP contribution in [0.15, 0.2) is 48.5 Å². The normalized spacial score (nSPS) is 18.0. The van der Waals surface area contributed by atoms with Gasteiger partial charge in [-0.15, -0.1) is 0 Å². The van der Waals surface area contributed by atoms with Crippen LogP contribution in [0.25, 0.3) is 0 Å². The van der Waals surface area contributed by atoms with Crippen LogP contribution in [-0.2, 0) is 17.5 Å². The van der Waals surface area contributed by atoms with Crippen LogP contribution in [0.2, 0.25) is 0 Å². The molecule has 2 fully saturated rings. The minimum Gasteiger partial charge on any atom is -0.336 e. The van der Waals surface area contributed by atoms with Gasteiger partial charge in [0.25, 0.3) is 5.91 Å². The molecule has 2 saturated heterocycles. The van der Waals surface area contributed by atoms with Crippen molar-refractivity contribution in [2.24, 2.45) is 0 Å². The molecule has 0 saturated carbocycles. The van der Waals surface area contributed by atoms with Gasteiger partial charge >= 0.3 is 6.18 Å². The van der Waals surface area contributed by atoms with Crippen molar-refractivity contribution in [2.75, 3.05) is 37.6 Å². The monoisotopic (exact) mass is 431 g/mol. The number of halogens is 3. The molecule has 2 aromatic carbocycles. The summed E-state index contributed by atoms with van der Waals surface area (Å²) < 4.78 is 38.1. The Bertz CT molecular complexity index is 934. The van der Waals surface area contributed by atoms with Crippen molar-refractivity contribution in [3.05, 3.63) is 65.2 Å². The maximum absolute atomic E-state index is 12.8. The SMILES string of the molecule is O=C(c1ccc(N2CCCC2=O)cc1)N1CCN(Cc2ccc(C(F)(F)F)cc2)CC1. The standard InChI is InChI=1S/C23H24F3N3O2/c24-23(25,26)19-7-3-17(4-8-19)16-27-12-14-28(15-13-27)22(31)18-5-9-20(10-6-18)29-11-1-2-21(29)30/h3-10H,1-2,11-16H2. The molecule has 0 atom stereocenters. The fraction of sp³-hybridized carbons (Fsp3) is 0.391. The third kappa shape index (κ3) is 4.90. The van der Waals surface area contributed by atoms with Crippen LogP contribution in [0.3, 0.4) is 0 Å². The number of carbonyl (C=O) groups excluding carboxylic acids is 2. The van der Waals surface area contributed by atoms with E-state index in [4.69, 9.17) is 0 Å². The van der Waals surface area contributed by atoms with Crippen LogP contribution < -0.4 is 4.90 Å². The highest BCUT2D eigenvalue weighted by molar-refractivity contribution is 5.97. The molecule has 8 heteroatoms. The van der Waals surface area contributed by atoms with E-state index in [0.29, 0.717) is 51.3 Å². The molecule has 2 amide bonds. The van der Waals surface area contributed by atoms with E-state index >= 15 is 0 Å². The molecule has 0 bridgehead atoms. The second kappa shape index (κ2) is 8.70. The third-order valence-corrected chi connectivity index (χ3v) is 5.85. The van der Waals surface area contributed by atoms with Gasteiger partial charge in [-0.3, -0.25) is 14.5 Å². The average Bonchev–Trinajstić information content (AvgIpc) is 3.19. The summed E-state index contributed by atoms with van der Waals surface area (Å²) in [6, 6.07) is 12.4. The maximum Gasteiger partial charge on any atom is 0.416 e. The van der Waals surface area contributed by atoms with Crippen LogP contribution >= 0.6 is 0 Å². The number of nitrogens with zero attached hydrogens (tertiary/aromatic N) is 3. The van der Waals surface area contributed by atoms with Gasteiger partial charge in [-0.25, -0.2) is 0 Å². The van der Waals surface area contributed by atoms with Crippen LogP contribution in [0.4, 0.5) is 18.9 Å². The molecular weight excluding hydrogens is 407 g/mol. The first-order chi connectivity index (χ1) is 14.8. The van der Waals surface area contributed by atoms with Crippen molar-refractivity contribution >= 4 is 17.5 Å². The van der Waals surface area contributed by atoms with Gasteiger partial charge in [-0.05, 0) is 48.4 Å². The van der Waals surface area contributed by atoms with E-state index in [1.165, 1.54) is 12.1 Å². The number of alkyl halides is 3. The maximum atomic E-state index is 12.8. The second-order valence-corrected chi connectivity index (χ2v) is 7.96. The largest absolute Gasteiger partial charge is 0.416 e. The Labute approximate surface area is 179 Å². The number of hydrogen-bond donors (Lipinski definition) is 0. The number of carbonyl (C=O) groups is 2. The Hall–Kier alpha value is -2.87. The lowest BCUT2D eigenvalue weighted by atomic mass is 10.1. The summed E-state index contributed by atoms with van der Waals surface area (Å²) in [5.74, 6) is 0.0664. The lowest BCUT2D eigenvalue weighted by Crippen LogP contribution is -2.48. The Balaban J connectivity index is 1.30. The van der Waals surface area contributed by atoms with E-state index in [2.05, 4.69) is 4.90 Å². The van der Waals surface area contributed by atoms with Crippen molar-refractivity contribution in [1.29, 1.82) is 0 Å². The van der Waals surface area contributed by atoms with Crippen LogP contribution in [0.1, 0.15) is 34.3 Å². The number of anilines is 1. The summed E-state index contributed by atoms with van der Waals surface area (Å²) >= 11 is 0. The molecule has 164 valence electrons. The minimum atomic E-state index is -4.33. The predicted octanol–water partition coefficient (Wildman–Crippen LogP) is 3.79. The van der Waals surface area contributed by atoms with Gasteiger partial charge in [0.1, 0.15) is 0 Å². The molecule has 0 unspecified atom stereocenters. The van der Waals surface area contributed by atoms with Gasteiger partial charge in [0.05, 0.1) is 5.56 Å². The Morgan fingerprint density at radius 3 is 2.06 bits per heavy atom. The van der Waals surface area contributed by atoms with Gasteiger partial charge in [-0.2, -0.15) is 13.2 Å². The van der Waals surface area contributed by atoms with Crippen molar-refractivity contribution < 1.29 is 22.8 Å². The summed E-state index contributed by atoms with van der Waals surface area (Å²) in [7, 11) is 0. The van der Waals surface area contributed by atoms with Crippen molar-refractivity contribution in [2.45, 2.75) is 25.6 Å². The molecule has 4 rings (SSSR count). The van der Waals surface area contributed by atoms with E-state index < -0.39 is 11.7 Å². The van der Waals surface area contributed by atoms with Crippen LogP contribution in [0.5, 0.6) is 0 Å². The number of hydrogen-bond acceptors (Lipinski definition) is 3. The van der Waals surface area contributed by atoms with E-state index in [-0.39, 0.29) is 11.8 Å². The smallest absolute Gasteiger partial charge is 0.336 e. The molecule has 5 nitrogen and oxygen atoms in total. The zero-order chi connectivity index (χ0) is 22.0. The lowest BCUT2D eigenvalue weighted by molar-refractivity contribution is -0.137. The van der Waals surface area contributed by atoms with Gasteiger partial charge in [-0.1, -0.05) is 12.1 Å². The highest BCUT2D eigenvalue weighted by Crippen LogP contribution is 2.29. The number of piperazine rings is 1. The first-order valence-electron chi connectivity index (χ1n) is 10.4. The molecule has 0 radical (unpaired) electrons. The minimum absolute atomic E-state index is 0.0477. The van der Waals surface area contributed by atoms with E-state index in [0.717, 1.165) is 29.8 Å². The van der Waals surface area contributed by atoms with Gasteiger partial charge in [0.2, 0.25) is 5.91 Å². The molecule has 31 heavy (non-hydrogen) atoms. The van der Waals surface area contributed by atoms with Gasteiger partial charge in [0, 0.05) is 56.9 Å². The van der Waals surface area contributed by atoms with Crippen molar-refractivity contribution in [3.63, 3.8) is 0 Å². The highest BCUT2D eigenvalue weighted by Gasteiger charge is 2.30. The summed E-state index contributed by atoms with van der Waals surface area (Å²) in [6.07, 6.45) is -2.90. The topological polar surface area (TPSA) is 43.9 Å². The van der Waals surface area contributed by atoms with Gasteiger partial charge < -0.3 is 9.80 Å². The molecule has 0 spiro atoms. The predicted molar refractivity (Wildman–Crippen MR) is 111 cm³/mol. The molecule has 2 aliphatic rings. The molecule has 0 N–H and O–H groups in total. The lowest BCUT2D eigenvalue weighted by Gasteiger charge is -2.35. The Morgan fingerprint density at radius 1 is 0.871 bits per heavy atom. The third-order valence-electron chi connectivity index (χ3n) is 5.85. The molecular formula is C23H24F3N3O2. The average molecular weight is 431 g/mol. The highest BCUT2D eigenvalue weighted by atomic mass is 19.4. The van der Waals surface area contributed by atoms with Gasteiger partial charge in [0.15, 0.2) is 0 Å². The Kier molecular flexibility index (Phi) is 6.00. The Morgan fingerprint density at radius 2 is 1.52 bits per heavy atom. The summed E-state index contributed by atoms with van der Waals surface area (Å²) in [5, 5.41) is 0. The summed E-state index contributed by atoms with van der Waals surface area (Å²) in [6.45, 7) is 3.71. The fourth-order valence-electron chi connectivity index (χ4n) is 4.05. The zero-order valence-electron chi connectivity index (χ0n) is 17.1. The molecule has 2 heterocycles. The van der Waals surface area contributed by atoms with E-state index in [1.54, 1.807) is 21.9 Å². The number of amides is 2. The van der Waals surface area contributed by atoms with Crippen LogP contribution in [-0.4, -0.2) is 54.3 Å². The van der Waals surface area contributed by atoms with E-state index in [9.17, 15) is 22.8 Å².